The third-order valence-corrected chi connectivity index (χ3v) is 5.33. The number of methoxy groups -OCH3 is 2. The van der Waals surface area contributed by atoms with Crippen molar-refractivity contribution in [3.05, 3.63) is 59.6 Å². The Bertz CT molecular complexity index is 1050. The number of aromatic amines is 1. The number of thiazole rings is 1. The first kappa shape index (κ1) is 17.4. The first-order chi connectivity index (χ1) is 13.3. The number of nitrogens with zero attached hydrogens (tertiary/aromatic N) is 1. The molecule has 0 radical (unpaired) electrons. The monoisotopic (exact) mass is 379 g/mol. The topological polar surface area (TPSA) is 59.2 Å². The Morgan fingerprint density at radius 2 is 2.00 bits per heavy atom. The third kappa shape index (κ3) is 3.61. The molecular weight excluding hydrogens is 358 g/mol. The van der Waals surface area contributed by atoms with E-state index in [1.165, 1.54) is 16.5 Å². The molecule has 0 saturated heterocycles. The molecule has 4 aromatic rings. The van der Waals surface area contributed by atoms with Gasteiger partial charge in [-0.1, -0.05) is 18.2 Å². The number of H-pyrrole nitrogens is 1. The second-order valence-corrected chi connectivity index (χ2v) is 7.00. The quantitative estimate of drug-likeness (QED) is 0.476. The molecule has 0 aliphatic rings. The molecule has 0 aliphatic carbocycles. The molecule has 0 atom stereocenters. The fourth-order valence-electron chi connectivity index (χ4n) is 3.13. The summed E-state index contributed by atoms with van der Waals surface area (Å²) in [5, 5.41) is 7.65. The minimum atomic E-state index is 0.755. The molecule has 0 aliphatic heterocycles. The number of ether oxygens (including phenoxy) is 2. The van der Waals surface area contributed by atoms with Crippen molar-refractivity contribution in [2.75, 3.05) is 26.1 Å². The van der Waals surface area contributed by atoms with Crippen LogP contribution in [-0.2, 0) is 6.42 Å². The molecule has 2 N–H and O–H groups in total. The van der Waals surface area contributed by atoms with E-state index >= 15 is 0 Å². The third-order valence-electron chi connectivity index (χ3n) is 4.53. The fraction of sp³-hybridized carbons (Fsp3) is 0.190. The first-order valence-electron chi connectivity index (χ1n) is 8.75. The molecule has 0 saturated carbocycles. The van der Waals surface area contributed by atoms with Crippen molar-refractivity contribution in [1.29, 1.82) is 0 Å². The van der Waals surface area contributed by atoms with Crippen molar-refractivity contribution < 1.29 is 9.47 Å². The van der Waals surface area contributed by atoms with Gasteiger partial charge in [-0.3, -0.25) is 0 Å². The lowest BCUT2D eigenvalue weighted by atomic mass is 10.1. The lowest BCUT2D eigenvalue weighted by molar-refractivity contribution is 0.395. The average molecular weight is 379 g/mol. The minimum absolute atomic E-state index is 0.755. The summed E-state index contributed by atoms with van der Waals surface area (Å²) in [6, 6.07) is 14.1. The van der Waals surface area contributed by atoms with E-state index < -0.39 is 0 Å². The Kier molecular flexibility index (Phi) is 4.98. The maximum absolute atomic E-state index is 5.48. The number of hydrogen-bond donors (Lipinski definition) is 2. The van der Waals surface area contributed by atoms with E-state index in [4.69, 9.17) is 14.5 Å². The van der Waals surface area contributed by atoms with Gasteiger partial charge in [-0.05, 0) is 30.2 Å². The highest BCUT2D eigenvalue weighted by molar-refractivity contribution is 7.14. The van der Waals surface area contributed by atoms with Crippen LogP contribution in [0.4, 0.5) is 5.13 Å². The Morgan fingerprint density at radius 1 is 1.11 bits per heavy atom. The summed E-state index contributed by atoms with van der Waals surface area (Å²) in [5.41, 5.74) is 4.34. The van der Waals surface area contributed by atoms with E-state index in [1.807, 2.05) is 29.6 Å². The first-order valence-corrected chi connectivity index (χ1v) is 9.63. The smallest absolute Gasteiger partial charge is 0.183 e. The zero-order valence-corrected chi connectivity index (χ0v) is 16.1. The van der Waals surface area contributed by atoms with Gasteiger partial charge in [0.2, 0.25) is 0 Å². The molecule has 2 heterocycles. The van der Waals surface area contributed by atoms with Gasteiger partial charge in [0.1, 0.15) is 11.5 Å². The summed E-state index contributed by atoms with van der Waals surface area (Å²) in [6.07, 6.45) is 3.02. The van der Waals surface area contributed by atoms with Gasteiger partial charge < -0.3 is 19.8 Å². The SMILES string of the molecule is COc1ccc(-c2csc(NCCc3c[nH]c4ccccc34)n2)c(OC)c1. The standard InChI is InChI=1S/C21H21N3O2S/c1-25-15-7-8-17(20(11-15)26-2)19-13-27-21(24-19)22-10-9-14-12-23-18-6-4-3-5-16(14)18/h3-8,11-13,23H,9-10H2,1-2H3,(H,22,24). The number of benzene rings is 2. The van der Waals surface area contributed by atoms with Crippen LogP contribution in [0.3, 0.4) is 0 Å². The lowest BCUT2D eigenvalue weighted by Gasteiger charge is -2.08. The Labute approximate surface area is 162 Å². The van der Waals surface area contributed by atoms with Crippen molar-refractivity contribution in [2.45, 2.75) is 6.42 Å². The van der Waals surface area contributed by atoms with Crippen LogP contribution in [0.25, 0.3) is 22.2 Å². The van der Waals surface area contributed by atoms with Crippen LogP contribution >= 0.6 is 11.3 Å². The number of hydrogen-bond acceptors (Lipinski definition) is 5. The number of para-hydroxylation sites is 1. The van der Waals surface area contributed by atoms with Gasteiger partial charge in [0.05, 0.1) is 19.9 Å². The molecule has 0 unspecified atom stereocenters. The fourth-order valence-corrected chi connectivity index (χ4v) is 3.87. The number of nitrogens with one attached hydrogen (secondary N) is 2. The van der Waals surface area contributed by atoms with Crippen LogP contribution in [0.1, 0.15) is 5.56 Å². The summed E-state index contributed by atoms with van der Waals surface area (Å²) in [5.74, 6) is 1.52. The van der Waals surface area contributed by atoms with Crippen molar-refractivity contribution in [3.63, 3.8) is 0 Å². The van der Waals surface area contributed by atoms with Gasteiger partial charge in [-0.2, -0.15) is 0 Å². The van der Waals surface area contributed by atoms with E-state index in [2.05, 4.69) is 34.7 Å². The van der Waals surface area contributed by atoms with Crippen LogP contribution in [-0.4, -0.2) is 30.7 Å². The molecule has 5 nitrogen and oxygen atoms in total. The molecular formula is C21H21N3O2S. The molecule has 2 aromatic heterocycles. The summed E-state index contributed by atoms with van der Waals surface area (Å²) >= 11 is 1.60. The summed E-state index contributed by atoms with van der Waals surface area (Å²) in [6.45, 7) is 0.828. The van der Waals surface area contributed by atoms with Crippen molar-refractivity contribution in [1.82, 2.24) is 9.97 Å². The summed E-state index contributed by atoms with van der Waals surface area (Å²) in [4.78, 5) is 8.02. The van der Waals surface area contributed by atoms with E-state index in [9.17, 15) is 0 Å². The van der Waals surface area contributed by atoms with Gasteiger partial charge in [0.15, 0.2) is 5.13 Å². The minimum Gasteiger partial charge on any atom is -0.497 e. The maximum Gasteiger partial charge on any atom is 0.183 e. The number of fused-ring (bicyclic) bond motifs is 1. The van der Waals surface area contributed by atoms with Crippen LogP contribution in [0.15, 0.2) is 54.0 Å². The van der Waals surface area contributed by atoms with Crippen molar-refractivity contribution in [3.8, 4) is 22.8 Å². The van der Waals surface area contributed by atoms with Crippen molar-refractivity contribution in [2.24, 2.45) is 0 Å². The van der Waals surface area contributed by atoms with Gasteiger partial charge in [0, 0.05) is 40.7 Å². The normalized spacial score (nSPS) is 10.9. The molecule has 6 heteroatoms. The molecule has 27 heavy (non-hydrogen) atoms. The molecule has 4 rings (SSSR count). The van der Waals surface area contributed by atoms with E-state index in [0.717, 1.165) is 40.9 Å². The lowest BCUT2D eigenvalue weighted by Crippen LogP contribution is -2.04. The molecule has 2 aromatic carbocycles. The van der Waals surface area contributed by atoms with Crippen LogP contribution in [0.2, 0.25) is 0 Å². The number of aromatic nitrogens is 2. The van der Waals surface area contributed by atoms with E-state index in [-0.39, 0.29) is 0 Å². The Hall–Kier alpha value is -2.99. The molecule has 0 spiro atoms. The van der Waals surface area contributed by atoms with E-state index in [0.29, 0.717) is 0 Å². The molecule has 0 bridgehead atoms. The Balaban J connectivity index is 1.44. The second kappa shape index (κ2) is 7.72. The highest BCUT2D eigenvalue weighted by Gasteiger charge is 2.11. The van der Waals surface area contributed by atoms with Gasteiger partial charge in [-0.15, -0.1) is 11.3 Å². The summed E-state index contributed by atoms with van der Waals surface area (Å²) < 4.78 is 10.7. The van der Waals surface area contributed by atoms with Crippen LogP contribution in [0.5, 0.6) is 11.5 Å². The van der Waals surface area contributed by atoms with E-state index in [1.54, 1.807) is 25.6 Å². The largest absolute Gasteiger partial charge is 0.497 e. The highest BCUT2D eigenvalue weighted by Crippen LogP contribution is 2.34. The van der Waals surface area contributed by atoms with Gasteiger partial charge in [-0.25, -0.2) is 4.98 Å². The Morgan fingerprint density at radius 3 is 2.85 bits per heavy atom. The molecule has 138 valence electrons. The maximum atomic E-state index is 5.48. The highest BCUT2D eigenvalue weighted by atomic mass is 32.1. The second-order valence-electron chi connectivity index (χ2n) is 6.14. The molecule has 0 amide bonds. The van der Waals surface area contributed by atoms with Crippen LogP contribution < -0.4 is 14.8 Å². The average Bonchev–Trinajstić information content (AvgIpc) is 3.35. The number of rotatable bonds is 7. The molecule has 0 fully saturated rings. The summed E-state index contributed by atoms with van der Waals surface area (Å²) in [7, 11) is 3.30. The van der Waals surface area contributed by atoms with Gasteiger partial charge >= 0.3 is 0 Å². The van der Waals surface area contributed by atoms with Crippen LogP contribution in [0, 0.1) is 0 Å². The number of anilines is 1. The van der Waals surface area contributed by atoms with Gasteiger partial charge in [0.25, 0.3) is 0 Å². The predicted molar refractivity (Wildman–Crippen MR) is 111 cm³/mol. The zero-order chi connectivity index (χ0) is 18.6. The predicted octanol–water partition coefficient (Wildman–Crippen LogP) is 4.96. The zero-order valence-electron chi connectivity index (χ0n) is 15.3. The van der Waals surface area contributed by atoms with Crippen molar-refractivity contribution >= 4 is 27.4 Å².